The third-order valence-electron chi connectivity index (χ3n) is 1.94. The topological polar surface area (TPSA) is 104 Å². The van der Waals surface area contributed by atoms with E-state index in [9.17, 15) is 14.7 Å². The average molecular weight is 311 g/mol. The van der Waals surface area contributed by atoms with E-state index in [1.165, 1.54) is 6.92 Å². The van der Waals surface area contributed by atoms with Crippen molar-refractivity contribution in [2.75, 3.05) is 19.1 Å². The minimum atomic E-state index is -1.04. The van der Waals surface area contributed by atoms with Gasteiger partial charge in [0.1, 0.15) is 6.04 Å². The number of carbonyl (C=O) groups excluding carboxylic acids is 2. The predicted molar refractivity (Wildman–Crippen MR) is 83.0 cm³/mol. The molecule has 0 saturated heterocycles. The quantitative estimate of drug-likeness (QED) is 0.492. The normalized spacial score (nSPS) is 13.2. The fourth-order valence-corrected chi connectivity index (χ4v) is 0.951. The molecule has 0 aliphatic heterocycles. The van der Waals surface area contributed by atoms with Gasteiger partial charge in [0, 0.05) is 6.04 Å². The molecule has 19 heavy (non-hydrogen) atoms. The summed E-state index contributed by atoms with van der Waals surface area (Å²) in [6, 6.07) is -0.860. The second kappa shape index (κ2) is 12.6. The van der Waals surface area contributed by atoms with E-state index in [1.807, 2.05) is 13.8 Å². The van der Waals surface area contributed by atoms with Crippen molar-refractivity contribution in [3.8, 4) is 0 Å². The van der Waals surface area contributed by atoms with Crippen LogP contribution in [0.2, 0.25) is 0 Å². The zero-order valence-corrected chi connectivity index (χ0v) is 13.7. The summed E-state index contributed by atoms with van der Waals surface area (Å²) in [5.41, 5.74) is 5.01. The van der Waals surface area contributed by atoms with Gasteiger partial charge >= 0.3 is 0 Å². The summed E-state index contributed by atoms with van der Waals surface area (Å²) >= 11 is 0. The van der Waals surface area contributed by atoms with Crippen LogP contribution in [-0.2, 0) is 9.59 Å². The van der Waals surface area contributed by atoms with E-state index in [1.54, 1.807) is 21.6 Å². The molecular formula is C11H25N3O3S2. The van der Waals surface area contributed by atoms with Crippen LogP contribution in [0.4, 0.5) is 0 Å². The number of nitrogens with two attached hydrogens (primary N) is 1. The Morgan fingerprint density at radius 2 is 1.68 bits per heavy atom. The molecule has 0 spiro atoms. The molecule has 0 saturated carbocycles. The summed E-state index contributed by atoms with van der Waals surface area (Å²) in [5.74, 6) is -1.11. The lowest BCUT2D eigenvalue weighted by Crippen LogP contribution is -2.52. The monoisotopic (exact) mass is 311 g/mol. The lowest BCUT2D eigenvalue weighted by molar-refractivity contribution is -0.129. The summed E-state index contributed by atoms with van der Waals surface area (Å²) in [6.45, 7) is 5.28. The first kappa shape index (κ1) is 20.9. The highest BCUT2D eigenvalue weighted by Crippen LogP contribution is 2.09. The number of aliphatic hydroxyl groups is 1. The van der Waals surface area contributed by atoms with Gasteiger partial charge < -0.3 is 21.5 Å². The van der Waals surface area contributed by atoms with Gasteiger partial charge in [0.05, 0.1) is 12.6 Å². The molecule has 0 fully saturated rings. The molecule has 0 aromatic rings. The van der Waals surface area contributed by atoms with Gasteiger partial charge in [-0.1, -0.05) is 35.4 Å². The third kappa shape index (κ3) is 13.8. The van der Waals surface area contributed by atoms with E-state index in [2.05, 4.69) is 23.1 Å². The molecule has 0 rings (SSSR count). The number of amides is 2. The zero-order valence-electron chi connectivity index (χ0n) is 12.1. The Labute approximate surface area is 123 Å². The SMILES string of the molecule is CC(C)NCC(=O)NC(C(N)=O)C(C)O.CSSC. The van der Waals surface area contributed by atoms with Gasteiger partial charge in [-0.05, 0) is 19.4 Å². The van der Waals surface area contributed by atoms with Crippen molar-refractivity contribution >= 4 is 33.4 Å². The molecule has 0 heterocycles. The van der Waals surface area contributed by atoms with Gasteiger partial charge in [-0.25, -0.2) is 0 Å². The molecule has 6 nitrogen and oxygen atoms in total. The van der Waals surface area contributed by atoms with Gasteiger partial charge in [-0.3, -0.25) is 9.59 Å². The molecule has 2 amide bonds. The van der Waals surface area contributed by atoms with Gasteiger partial charge in [-0.2, -0.15) is 0 Å². The van der Waals surface area contributed by atoms with Crippen LogP contribution in [0.1, 0.15) is 20.8 Å². The Balaban J connectivity index is 0. The molecule has 0 bridgehead atoms. The van der Waals surface area contributed by atoms with Gasteiger partial charge in [-0.15, -0.1) is 0 Å². The number of primary amides is 1. The first-order valence-electron chi connectivity index (χ1n) is 5.83. The molecule has 5 N–H and O–H groups in total. The van der Waals surface area contributed by atoms with Gasteiger partial charge in [0.2, 0.25) is 11.8 Å². The van der Waals surface area contributed by atoms with Crippen molar-refractivity contribution < 1.29 is 14.7 Å². The molecule has 2 unspecified atom stereocenters. The van der Waals surface area contributed by atoms with Crippen LogP contribution in [-0.4, -0.2) is 54.2 Å². The van der Waals surface area contributed by atoms with Crippen LogP contribution in [0, 0.1) is 0 Å². The highest BCUT2D eigenvalue weighted by Gasteiger charge is 2.22. The van der Waals surface area contributed by atoms with Crippen molar-refractivity contribution in [1.82, 2.24) is 10.6 Å². The molecule has 0 aromatic heterocycles. The Morgan fingerprint density at radius 3 is 1.95 bits per heavy atom. The molecule has 2 atom stereocenters. The number of carbonyl (C=O) groups is 2. The third-order valence-corrected chi connectivity index (χ3v) is 3.28. The second-order valence-corrected chi connectivity index (χ2v) is 6.72. The number of rotatable bonds is 7. The summed E-state index contributed by atoms with van der Waals surface area (Å²) in [7, 11) is 3.55. The number of nitrogens with one attached hydrogen (secondary N) is 2. The van der Waals surface area contributed by atoms with Crippen LogP contribution < -0.4 is 16.4 Å². The van der Waals surface area contributed by atoms with Crippen LogP contribution in [0.25, 0.3) is 0 Å². The molecule has 0 aliphatic rings. The zero-order chi connectivity index (χ0) is 15.4. The van der Waals surface area contributed by atoms with Crippen molar-refractivity contribution in [1.29, 1.82) is 0 Å². The maximum Gasteiger partial charge on any atom is 0.242 e. The summed E-state index contributed by atoms with van der Waals surface area (Å²) in [6.07, 6.45) is 3.13. The van der Waals surface area contributed by atoms with Crippen molar-refractivity contribution in [3.63, 3.8) is 0 Å². The molecule has 8 heteroatoms. The average Bonchev–Trinajstić information content (AvgIpc) is 2.32. The number of aliphatic hydroxyl groups excluding tert-OH is 1. The molecule has 0 aromatic carbocycles. The summed E-state index contributed by atoms with van der Waals surface area (Å²) < 4.78 is 0. The Hall–Kier alpha value is -0.440. The molecule has 114 valence electrons. The Bertz CT molecular complexity index is 262. The van der Waals surface area contributed by atoms with Gasteiger partial charge in [0.15, 0.2) is 0 Å². The summed E-state index contributed by atoms with van der Waals surface area (Å²) in [4.78, 5) is 22.1. The van der Waals surface area contributed by atoms with Gasteiger partial charge in [0.25, 0.3) is 0 Å². The highest BCUT2D eigenvalue weighted by molar-refractivity contribution is 8.76. The lowest BCUT2D eigenvalue weighted by Gasteiger charge is -2.18. The van der Waals surface area contributed by atoms with Crippen LogP contribution in [0.15, 0.2) is 0 Å². The van der Waals surface area contributed by atoms with Crippen LogP contribution in [0.5, 0.6) is 0 Å². The van der Waals surface area contributed by atoms with E-state index in [0.29, 0.717) is 0 Å². The fourth-order valence-electron chi connectivity index (χ4n) is 0.951. The maximum absolute atomic E-state index is 11.3. The smallest absolute Gasteiger partial charge is 0.242 e. The van der Waals surface area contributed by atoms with E-state index in [0.717, 1.165) is 0 Å². The Morgan fingerprint density at radius 1 is 1.21 bits per heavy atom. The molecular weight excluding hydrogens is 286 g/mol. The van der Waals surface area contributed by atoms with E-state index in [4.69, 9.17) is 5.73 Å². The molecule has 0 aliphatic carbocycles. The largest absolute Gasteiger partial charge is 0.391 e. The Kier molecular flexibility index (Phi) is 13.8. The summed E-state index contributed by atoms with van der Waals surface area (Å²) in [5, 5.41) is 14.4. The first-order chi connectivity index (χ1) is 8.76. The van der Waals surface area contributed by atoms with E-state index < -0.39 is 18.1 Å². The van der Waals surface area contributed by atoms with E-state index in [-0.39, 0.29) is 18.5 Å². The number of hydrogen-bond acceptors (Lipinski definition) is 6. The lowest BCUT2D eigenvalue weighted by atomic mass is 10.1. The van der Waals surface area contributed by atoms with Crippen LogP contribution in [0.3, 0.4) is 0 Å². The fraction of sp³-hybridized carbons (Fsp3) is 0.818. The second-order valence-electron chi connectivity index (χ2n) is 4.06. The minimum absolute atomic E-state index is 0.0914. The van der Waals surface area contributed by atoms with Crippen molar-refractivity contribution in [2.24, 2.45) is 5.73 Å². The van der Waals surface area contributed by atoms with Crippen molar-refractivity contribution in [3.05, 3.63) is 0 Å². The first-order valence-corrected chi connectivity index (χ1v) is 8.79. The highest BCUT2D eigenvalue weighted by atomic mass is 33.1. The van der Waals surface area contributed by atoms with E-state index >= 15 is 0 Å². The molecule has 0 radical (unpaired) electrons. The van der Waals surface area contributed by atoms with Crippen LogP contribution >= 0.6 is 21.6 Å². The predicted octanol–water partition coefficient (Wildman–Crippen LogP) is -0.0373. The number of hydrogen-bond donors (Lipinski definition) is 4. The van der Waals surface area contributed by atoms with Crippen molar-refractivity contribution in [2.45, 2.75) is 39.0 Å². The maximum atomic E-state index is 11.3. The minimum Gasteiger partial charge on any atom is -0.391 e. The standard InChI is InChI=1S/C9H19N3O3.C2H6S2/c1-5(2)11-4-7(14)12-8(6(3)13)9(10)15;1-3-4-2/h5-6,8,11,13H,4H2,1-3H3,(H2,10,15)(H,12,14);1-2H3.